The molecule has 43 heavy (non-hydrogen) atoms. The summed E-state index contributed by atoms with van der Waals surface area (Å²) < 4.78 is 17.7. The van der Waals surface area contributed by atoms with Crippen LogP contribution in [0.2, 0.25) is 0 Å². The van der Waals surface area contributed by atoms with Gasteiger partial charge in [0.25, 0.3) is 0 Å². The lowest BCUT2D eigenvalue weighted by atomic mass is 10.00. The summed E-state index contributed by atoms with van der Waals surface area (Å²) >= 11 is 0. The van der Waals surface area contributed by atoms with Crippen molar-refractivity contribution in [2.45, 2.75) is 217 Å². The van der Waals surface area contributed by atoms with Gasteiger partial charge < -0.3 is 24.4 Å². The van der Waals surface area contributed by atoms with E-state index in [1.54, 1.807) is 0 Å². The van der Waals surface area contributed by atoms with Gasteiger partial charge in [-0.1, -0.05) is 116 Å². The Kier molecular flexibility index (Phi) is 18.5. The van der Waals surface area contributed by atoms with Crippen molar-refractivity contribution in [2.24, 2.45) is 0 Å². The Hall–Kier alpha value is -0.950. The molecule has 250 valence electrons. The van der Waals surface area contributed by atoms with Gasteiger partial charge in [0.2, 0.25) is 0 Å². The van der Waals surface area contributed by atoms with Crippen LogP contribution in [0.5, 0.6) is 0 Å². The van der Waals surface area contributed by atoms with Gasteiger partial charge in [0, 0.05) is 5.57 Å². The molecule has 3 aliphatic rings. The van der Waals surface area contributed by atoms with Crippen LogP contribution in [-0.2, 0) is 19.0 Å². The van der Waals surface area contributed by atoms with Crippen molar-refractivity contribution in [3.8, 4) is 0 Å². The standard InChI is InChI=1S/C37H66O6/c1-3-4-5-6-7-8-9-10-13-16-19-22-31(38)33-24-26-35(42-33)36-27-25-34(43-36)32(39)23-20-17-14-11-12-15-18-21-30-28-29(2)41-37(30)40/h28-29,31-36,38-39H,3-27H2,1-2H3/t29?,31-,32+,33+,34+,35+,36+/m0/s1. The number of aliphatic hydroxyl groups excluding tert-OH is 2. The number of esters is 1. The van der Waals surface area contributed by atoms with E-state index in [2.05, 4.69) is 6.92 Å². The van der Waals surface area contributed by atoms with Crippen molar-refractivity contribution in [1.82, 2.24) is 0 Å². The van der Waals surface area contributed by atoms with Crippen molar-refractivity contribution in [2.75, 3.05) is 0 Å². The maximum Gasteiger partial charge on any atom is 0.334 e. The van der Waals surface area contributed by atoms with Gasteiger partial charge in [-0.3, -0.25) is 0 Å². The van der Waals surface area contributed by atoms with E-state index in [1.807, 2.05) is 13.0 Å². The van der Waals surface area contributed by atoms with E-state index in [0.717, 1.165) is 82.6 Å². The van der Waals surface area contributed by atoms with Gasteiger partial charge in [-0.15, -0.1) is 0 Å². The smallest absolute Gasteiger partial charge is 0.334 e. The van der Waals surface area contributed by atoms with Gasteiger partial charge in [-0.25, -0.2) is 4.79 Å². The Morgan fingerprint density at radius 1 is 0.651 bits per heavy atom. The van der Waals surface area contributed by atoms with Gasteiger partial charge in [0.1, 0.15) is 6.10 Å². The van der Waals surface area contributed by atoms with E-state index in [9.17, 15) is 15.0 Å². The number of rotatable bonds is 25. The zero-order chi connectivity index (χ0) is 30.7. The SMILES string of the molecule is CCCCCCCCCCCCC[C@H](O)[C@H]1CC[C@H]([C@H]2CC[C@H]([C@H](O)CCCCCCCCCC3=CC(C)OC3=O)O2)O1. The third-order valence-corrected chi connectivity index (χ3v) is 9.98. The summed E-state index contributed by atoms with van der Waals surface area (Å²) in [6.07, 6.45) is 29.9. The van der Waals surface area contributed by atoms with Crippen LogP contribution < -0.4 is 0 Å². The van der Waals surface area contributed by atoms with Crippen molar-refractivity contribution in [3.63, 3.8) is 0 Å². The zero-order valence-electron chi connectivity index (χ0n) is 27.8. The molecule has 0 radical (unpaired) electrons. The van der Waals surface area contributed by atoms with Gasteiger partial charge in [-0.2, -0.15) is 0 Å². The minimum Gasteiger partial charge on any atom is -0.455 e. The average molecular weight is 607 g/mol. The number of carbonyl (C=O) groups excluding carboxylic acids is 1. The molecular formula is C37H66O6. The summed E-state index contributed by atoms with van der Waals surface area (Å²) in [7, 11) is 0. The first-order valence-corrected chi connectivity index (χ1v) is 18.6. The molecule has 0 spiro atoms. The van der Waals surface area contributed by atoms with Crippen LogP contribution in [-0.4, -0.2) is 58.9 Å². The molecule has 3 rings (SSSR count). The highest BCUT2D eigenvalue weighted by Gasteiger charge is 2.40. The fourth-order valence-electron chi connectivity index (χ4n) is 7.25. The fourth-order valence-corrected chi connectivity index (χ4v) is 7.25. The molecule has 0 aromatic carbocycles. The van der Waals surface area contributed by atoms with Crippen LogP contribution in [0.15, 0.2) is 11.6 Å². The maximum absolute atomic E-state index is 11.7. The molecule has 7 atom stereocenters. The first-order chi connectivity index (χ1) is 21.0. The molecule has 2 N–H and O–H groups in total. The number of unbranched alkanes of at least 4 members (excludes halogenated alkanes) is 16. The molecule has 1 unspecified atom stereocenters. The maximum atomic E-state index is 11.7. The summed E-state index contributed by atoms with van der Waals surface area (Å²) in [5, 5.41) is 21.5. The van der Waals surface area contributed by atoms with Crippen molar-refractivity contribution < 1.29 is 29.2 Å². The second kappa shape index (κ2) is 21.7. The monoisotopic (exact) mass is 606 g/mol. The van der Waals surface area contributed by atoms with E-state index in [1.165, 1.54) is 83.5 Å². The van der Waals surface area contributed by atoms with Crippen LogP contribution in [0.25, 0.3) is 0 Å². The molecular weight excluding hydrogens is 540 g/mol. The predicted octanol–water partition coefficient (Wildman–Crippen LogP) is 8.89. The molecule has 0 aromatic rings. The molecule has 2 fully saturated rings. The number of carbonyl (C=O) groups is 1. The summed E-state index contributed by atoms with van der Waals surface area (Å²) in [4.78, 5) is 11.7. The lowest BCUT2D eigenvalue weighted by Gasteiger charge is -2.24. The van der Waals surface area contributed by atoms with Gasteiger partial charge >= 0.3 is 5.97 Å². The minimum atomic E-state index is -0.393. The van der Waals surface area contributed by atoms with Crippen LogP contribution in [0.1, 0.15) is 174 Å². The highest BCUT2D eigenvalue weighted by molar-refractivity contribution is 5.90. The Bertz CT molecular complexity index is 768. The predicted molar refractivity (Wildman–Crippen MR) is 174 cm³/mol. The Labute approximate surface area is 263 Å². The minimum absolute atomic E-state index is 0.0549. The van der Waals surface area contributed by atoms with Crippen molar-refractivity contribution >= 4 is 5.97 Å². The summed E-state index contributed by atoms with van der Waals surface area (Å²) in [5.74, 6) is -0.132. The van der Waals surface area contributed by atoms with E-state index >= 15 is 0 Å². The molecule has 3 aliphatic heterocycles. The third kappa shape index (κ3) is 14.3. The largest absolute Gasteiger partial charge is 0.455 e. The van der Waals surface area contributed by atoms with E-state index in [0.29, 0.717) is 0 Å². The Morgan fingerprint density at radius 2 is 1.07 bits per heavy atom. The lowest BCUT2D eigenvalue weighted by molar-refractivity contribution is -0.139. The van der Waals surface area contributed by atoms with E-state index in [-0.39, 0.29) is 42.6 Å². The van der Waals surface area contributed by atoms with Gasteiger partial charge in [0.05, 0.1) is 36.6 Å². The number of hydrogen-bond donors (Lipinski definition) is 2. The number of hydrogen-bond acceptors (Lipinski definition) is 6. The summed E-state index contributed by atoms with van der Waals surface area (Å²) in [5.41, 5.74) is 0.851. The molecule has 0 bridgehead atoms. The van der Waals surface area contributed by atoms with Crippen molar-refractivity contribution in [1.29, 1.82) is 0 Å². The lowest BCUT2D eigenvalue weighted by Crippen LogP contribution is -2.33. The molecule has 0 aromatic heterocycles. The van der Waals surface area contributed by atoms with E-state index < -0.39 is 6.10 Å². The molecule has 0 amide bonds. The topological polar surface area (TPSA) is 85.2 Å². The average Bonchev–Trinajstić information content (AvgIpc) is 3.75. The first-order valence-electron chi connectivity index (χ1n) is 18.6. The highest BCUT2D eigenvalue weighted by atomic mass is 16.6. The second-order valence-corrected chi connectivity index (χ2v) is 13.9. The van der Waals surface area contributed by atoms with Crippen LogP contribution >= 0.6 is 0 Å². The molecule has 6 nitrogen and oxygen atoms in total. The summed E-state index contributed by atoms with van der Waals surface area (Å²) in [6.45, 7) is 4.18. The molecule has 6 heteroatoms. The Balaban J connectivity index is 1.13. The Morgan fingerprint density at radius 3 is 1.49 bits per heavy atom. The van der Waals surface area contributed by atoms with Crippen LogP contribution in [0.3, 0.4) is 0 Å². The molecule has 0 aliphatic carbocycles. The zero-order valence-corrected chi connectivity index (χ0v) is 27.8. The third-order valence-electron chi connectivity index (χ3n) is 9.98. The van der Waals surface area contributed by atoms with Crippen LogP contribution in [0.4, 0.5) is 0 Å². The van der Waals surface area contributed by atoms with Gasteiger partial charge in [0.15, 0.2) is 0 Å². The molecule has 0 saturated carbocycles. The van der Waals surface area contributed by atoms with Gasteiger partial charge in [-0.05, 0) is 64.4 Å². The van der Waals surface area contributed by atoms with E-state index in [4.69, 9.17) is 14.2 Å². The highest BCUT2D eigenvalue weighted by Crippen LogP contribution is 2.34. The number of ether oxygens (including phenoxy) is 3. The fraction of sp³-hybridized carbons (Fsp3) is 0.919. The summed E-state index contributed by atoms with van der Waals surface area (Å²) in [6, 6.07) is 0. The number of aliphatic hydroxyl groups is 2. The first kappa shape index (κ1) is 36.5. The van der Waals surface area contributed by atoms with Crippen LogP contribution in [0, 0.1) is 0 Å². The normalized spacial score (nSPS) is 27.0. The molecule has 3 heterocycles. The molecule has 2 saturated heterocycles. The van der Waals surface area contributed by atoms with Crippen molar-refractivity contribution in [3.05, 3.63) is 11.6 Å². The second-order valence-electron chi connectivity index (χ2n) is 13.9. The quantitative estimate of drug-likeness (QED) is 0.0797. The number of cyclic esters (lactones) is 1.